The molecule has 0 radical (unpaired) electrons. The van der Waals surface area contributed by atoms with E-state index in [2.05, 4.69) is 15.0 Å². The largest absolute Gasteiger partial charge is 0.396 e. The molecule has 0 aliphatic carbocycles. The average molecular weight is 368 g/mol. The molecule has 3 heterocycles. The van der Waals surface area contributed by atoms with E-state index >= 15 is 0 Å². The third kappa shape index (κ3) is 4.63. The molecule has 0 amide bonds. The molecule has 0 aliphatic heterocycles. The van der Waals surface area contributed by atoms with Gasteiger partial charge in [0, 0.05) is 11.8 Å². The maximum Gasteiger partial charge on any atom is 0.165 e. The van der Waals surface area contributed by atoms with Gasteiger partial charge in [-0.15, -0.1) is 0 Å². The SMILES string of the molecule is N#Cc1nc(-c2cncc(F)c2)ccc1N.N#Cc1nc(Cl)ccc1N. The second kappa shape index (κ2) is 8.38. The van der Waals surface area contributed by atoms with Crippen LogP contribution in [0.2, 0.25) is 5.15 Å². The van der Waals surface area contributed by atoms with Gasteiger partial charge in [0.25, 0.3) is 0 Å². The lowest BCUT2D eigenvalue weighted by atomic mass is 10.1. The second-order valence-electron chi connectivity index (χ2n) is 4.82. The Hall–Kier alpha value is -3.75. The molecule has 0 fully saturated rings. The first-order valence-corrected chi connectivity index (χ1v) is 7.42. The van der Waals surface area contributed by atoms with Gasteiger partial charge >= 0.3 is 0 Å². The van der Waals surface area contributed by atoms with Gasteiger partial charge in [-0.1, -0.05) is 11.6 Å². The predicted molar refractivity (Wildman–Crippen MR) is 94.9 cm³/mol. The van der Waals surface area contributed by atoms with Crippen LogP contribution in [0.5, 0.6) is 0 Å². The van der Waals surface area contributed by atoms with E-state index in [9.17, 15) is 4.39 Å². The summed E-state index contributed by atoms with van der Waals surface area (Å²) in [6.45, 7) is 0. The Morgan fingerprint density at radius 3 is 2.12 bits per heavy atom. The average Bonchev–Trinajstić information content (AvgIpc) is 2.64. The van der Waals surface area contributed by atoms with Gasteiger partial charge in [-0.2, -0.15) is 10.5 Å². The van der Waals surface area contributed by atoms with E-state index in [4.69, 9.17) is 33.6 Å². The van der Waals surface area contributed by atoms with E-state index in [1.807, 2.05) is 12.1 Å². The van der Waals surface area contributed by atoms with Crippen molar-refractivity contribution >= 4 is 23.0 Å². The van der Waals surface area contributed by atoms with Crippen molar-refractivity contribution < 1.29 is 4.39 Å². The van der Waals surface area contributed by atoms with Gasteiger partial charge in [0.2, 0.25) is 0 Å². The van der Waals surface area contributed by atoms with E-state index < -0.39 is 5.82 Å². The number of nitrogen functional groups attached to an aromatic ring is 2. The lowest BCUT2D eigenvalue weighted by Crippen LogP contribution is -1.95. The zero-order valence-electron chi connectivity index (χ0n) is 13.2. The van der Waals surface area contributed by atoms with Crippen molar-refractivity contribution in [3.05, 3.63) is 65.1 Å². The second-order valence-corrected chi connectivity index (χ2v) is 5.21. The van der Waals surface area contributed by atoms with Crippen molar-refractivity contribution in [3.8, 4) is 23.4 Å². The molecule has 9 heteroatoms. The highest BCUT2D eigenvalue weighted by atomic mass is 35.5. The van der Waals surface area contributed by atoms with E-state index in [1.165, 1.54) is 18.3 Å². The van der Waals surface area contributed by atoms with E-state index in [0.717, 1.165) is 6.20 Å². The lowest BCUT2D eigenvalue weighted by molar-refractivity contribution is 0.622. The Kier molecular flexibility index (Phi) is 5.99. The minimum atomic E-state index is -0.449. The van der Waals surface area contributed by atoms with E-state index in [1.54, 1.807) is 18.2 Å². The molecule has 0 atom stereocenters. The van der Waals surface area contributed by atoms with E-state index in [-0.39, 0.29) is 16.5 Å². The first kappa shape index (κ1) is 18.6. The highest BCUT2D eigenvalue weighted by Gasteiger charge is 2.05. The van der Waals surface area contributed by atoms with Crippen LogP contribution in [0.15, 0.2) is 42.7 Å². The van der Waals surface area contributed by atoms with Crippen LogP contribution in [0.4, 0.5) is 15.8 Å². The van der Waals surface area contributed by atoms with Crippen molar-refractivity contribution in [2.75, 3.05) is 11.5 Å². The number of nitrogens with zero attached hydrogens (tertiary/aromatic N) is 5. The number of rotatable bonds is 1. The highest BCUT2D eigenvalue weighted by Crippen LogP contribution is 2.19. The van der Waals surface area contributed by atoms with Gasteiger partial charge in [-0.3, -0.25) is 4.98 Å². The number of nitrogens with two attached hydrogens (primary N) is 2. The first-order valence-electron chi connectivity index (χ1n) is 7.04. The predicted octanol–water partition coefficient (Wildman–Crippen LogP) is 2.93. The molecule has 4 N–H and O–H groups in total. The minimum absolute atomic E-state index is 0.127. The molecule has 0 unspecified atom stereocenters. The molecular formula is C17H11ClFN7. The summed E-state index contributed by atoms with van der Waals surface area (Å²) in [5, 5.41) is 17.4. The zero-order chi connectivity index (χ0) is 19.1. The molecule has 3 aromatic heterocycles. The van der Waals surface area contributed by atoms with Crippen LogP contribution in [0.1, 0.15) is 11.4 Å². The third-order valence-electron chi connectivity index (χ3n) is 3.03. The quantitative estimate of drug-likeness (QED) is 0.630. The van der Waals surface area contributed by atoms with Crippen LogP contribution in [0, 0.1) is 28.5 Å². The van der Waals surface area contributed by atoms with Crippen LogP contribution in [-0.4, -0.2) is 15.0 Å². The number of anilines is 2. The molecule has 3 aromatic rings. The fraction of sp³-hybridized carbons (Fsp3) is 0. The highest BCUT2D eigenvalue weighted by molar-refractivity contribution is 6.29. The van der Waals surface area contributed by atoms with Gasteiger partial charge in [0.1, 0.15) is 23.1 Å². The molecule has 0 bridgehead atoms. The van der Waals surface area contributed by atoms with Crippen LogP contribution < -0.4 is 11.5 Å². The molecule has 128 valence electrons. The number of pyridine rings is 3. The maximum atomic E-state index is 12.9. The van der Waals surface area contributed by atoms with Crippen molar-refractivity contribution in [1.29, 1.82) is 10.5 Å². The fourth-order valence-electron chi connectivity index (χ4n) is 1.81. The minimum Gasteiger partial charge on any atom is -0.396 e. The number of hydrogen-bond acceptors (Lipinski definition) is 7. The Balaban J connectivity index is 0.000000209. The molecule has 0 spiro atoms. The van der Waals surface area contributed by atoms with Crippen molar-refractivity contribution in [3.63, 3.8) is 0 Å². The molecule has 7 nitrogen and oxygen atoms in total. The molecule has 0 aliphatic rings. The normalized spacial score (nSPS) is 9.38. The Morgan fingerprint density at radius 1 is 0.923 bits per heavy atom. The van der Waals surface area contributed by atoms with Crippen LogP contribution in [0.25, 0.3) is 11.3 Å². The topological polar surface area (TPSA) is 138 Å². The summed E-state index contributed by atoms with van der Waals surface area (Å²) in [5.41, 5.74) is 12.8. The van der Waals surface area contributed by atoms with Crippen molar-refractivity contribution in [1.82, 2.24) is 15.0 Å². The van der Waals surface area contributed by atoms with Gasteiger partial charge in [-0.25, -0.2) is 14.4 Å². The summed E-state index contributed by atoms with van der Waals surface area (Å²) in [4.78, 5) is 11.4. The number of nitriles is 2. The van der Waals surface area contributed by atoms with Crippen LogP contribution >= 0.6 is 11.6 Å². The Labute approximate surface area is 153 Å². The lowest BCUT2D eigenvalue weighted by Gasteiger charge is -2.02. The van der Waals surface area contributed by atoms with Crippen LogP contribution in [0.3, 0.4) is 0 Å². The molecule has 0 saturated heterocycles. The van der Waals surface area contributed by atoms with Crippen molar-refractivity contribution in [2.24, 2.45) is 0 Å². The fourth-order valence-corrected chi connectivity index (χ4v) is 1.96. The van der Waals surface area contributed by atoms with Gasteiger partial charge < -0.3 is 11.5 Å². The Morgan fingerprint density at radius 2 is 1.54 bits per heavy atom. The third-order valence-corrected chi connectivity index (χ3v) is 3.24. The summed E-state index contributed by atoms with van der Waals surface area (Å²) in [6, 6.07) is 11.3. The molecule has 0 aromatic carbocycles. The summed E-state index contributed by atoms with van der Waals surface area (Å²) in [5.74, 6) is -0.449. The van der Waals surface area contributed by atoms with Gasteiger partial charge in [-0.05, 0) is 30.3 Å². The van der Waals surface area contributed by atoms with Crippen LogP contribution in [-0.2, 0) is 0 Å². The molecule has 3 rings (SSSR count). The monoisotopic (exact) mass is 367 g/mol. The summed E-state index contributed by atoms with van der Waals surface area (Å²) < 4.78 is 12.9. The molecular weight excluding hydrogens is 357 g/mol. The summed E-state index contributed by atoms with van der Waals surface area (Å²) >= 11 is 5.48. The summed E-state index contributed by atoms with van der Waals surface area (Å²) in [7, 11) is 0. The van der Waals surface area contributed by atoms with Gasteiger partial charge in [0.15, 0.2) is 11.4 Å². The van der Waals surface area contributed by atoms with Crippen molar-refractivity contribution in [2.45, 2.75) is 0 Å². The molecule has 0 saturated carbocycles. The molecule has 26 heavy (non-hydrogen) atoms. The first-order chi connectivity index (χ1) is 12.4. The zero-order valence-corrected chi connectivity index (χ0v) is 13.9. The van der Waals surface area contributed by atoms with Gasteiger partial charge in [0.05, 0.1) is 23.3 Å². The Bertz CT molecular complexity index is 1020. The maximum absolute atomic E-state index is 12.9. The number of aromatic nitrogens is 3. The smallest absolute Gasteiger partial charge is 0.165 e. The van der Waals surface area contributed by atoms with E-state index in [0.29, 0.717) is 22.6 Å². The number of hydrogen-bond donors (Lipinski definition) is 2. The standard InChI is InChI=1S/C11H7FN4.C6H4ClN3/c12-8-3-7(5-15-6-8)10-2-1-9(14)11(4-13)16-10;7-6-2-1-4(9)5(3-8)10-6/h1-3,5-6H,14H2;1-2H,9H2. The number of halogens is 2. The summed E-state index contributed by atoms with van der Waals surface area (Å²) in [6.07, 6.45) is 2.58.